The number of hydrogen-bond donors (Lipinski definition) is 1. The molecule has 1 aromatic carbocycles. The number of fused-ring (bicyclic) bond motifs is 1. The van der Waals surface area contributed by atoms with Crippen LogP contribution in [0.4, 0.5) is 10.5 Å². The predicted molar refractivity (Wildman–Crippen MR) is 108 cm³/mol. The number of anilines is 1. The molecular weight excluding hydrogens is 354 g/mol. The van der Waals surface area contributed by atoms with Crippen molar-refractivity contribution in [3.05, 3.63) is 29.3 Å². The first-order chi connectivity index (χ1) is 13.5. The van der Waals surface area contributed by atoms with Crippen LogP contribution in [-0.2, 0) is 11.3 Å². The normalized spacial score (nSPS) is 32.6. The van der Waals surface area contributed by atoms with E-state index in [2.05, 4.69) is 34.9 Å². The summed E-state index contributed by atoms with van der Waals surface area (Å²) in [4.78, 5) is 18.0. The third-order valence-electron chi connectivity index (χ3n) is 7.49. The molecule has 4 heterocycles. The Morgan fingerprint density at radius 1 is 1.21 bits per heavy atom. The smallest absolute Gasteiger partial charge is 0.407 e. The zero-order valence-electron chi connectivity index (χ0n) is 16.8. The van der Waals surface area contributed by atoms with Crippen LogP contribution >= 0.6 is 0 Å². The number of carboxylic acid groups (broad SMARTS) is 1. The van der Waals surface area contributed by atoms with Crippen LogP contribution in [0, 0.1) is 24.2 Å². The molecule has 3 unspecified atom stereocenters. The lowest BCUT2D eigenvalue weighted by Gasteiger charge is -2.28. The van der Waals surface area contributed by atoms with E-state index in [-0.39, 0.29) is 0 Å². The van der Waals surface area contributed by atoms with Crippen LogP contribution in [-0.4, -0.2) is 73.5 Å². The van der Waals surface area contributed by atoms with Crippen LogP contribution in [0.3, 0.4) is 0 Å². The van der Waals surface area contributed by atoms with Crippen molar-refractivity contribution < 1.29 is 14.6 Å². The maximum Gasteiger partial charge on any atom is 0.407 e. The average Bonchev–Trinajstić information content (AvgIpc) is 3.41. The van der Waals surface area contributed by atoms with Crippen LogP contribution in [0.15, 0.2) is 18.2 Å². The van der Waals surface area contributed by atoms with Gasteiger partial charge in [-0.15, -0.1) is 0 Å². The van der Waals surface area contributed by atoms with Gasteiger partial charge in [0.1, 0.15) is 0 Å². The fourth-order valence-corrected chi connectivity index (χ4v) is 6.01. The highest BCUT2D eigenvalue weighted by Crippen LogP contribution is 2.42. The van der Waals surface area contributed by atoms with Gasteiger partial charge in [-0.3, -0.25) is 4.90 Å². The number of para-hydroxylation sites is 1. The highest BCUT2D eigenvalue weighted by atomic mass is 16.5. The van der Waals surface area contributed by atoms with E-state index >= 15 is 0 Å². The summed E-state index contributed by atoms with van der Waals surface area (Å²) < 4.78 is 5.72. The second-order valence-corrected chi connectivity index (χ2v) is 9.46. The lowest BCUT2D eigenvalue weighted by Crippen LogP contribution is -2.32. The molecule has 4 saturated heterocycles. The highest BCUT2D eigenvalue weighted by molar-refractivity contribution is 5.65. The van der Waals surface area contributed by atoms with Gasteiger partial charge in [-0.1, -0.05) is 18.2 Å². The Balaban J connectivity index is 1.30. The minimum absolute atomic E-state index is 0.366. The van der Waals surface area contributed by atoms with E-state index in [9.17, 15) is 9.90 Å². The summed E-state index contributed by atoms with van der Waals surface area (Å²) in [5.41, 5.74) is 4.58. The second-order valence-electron chi connectivity index (χ2n) is 9.46. The van der Waals surface area contributed by atoms with E-state index in [4.69, 9.17) is 4.74 Å². The van der Waals surface area contributed by atoms with E-state index in [1.165, 1.54) is 29.7 Å². The fraction of sp³-hybridized carbons (Fsp3) is 0.682. The maximum absolute atomic E-state index is 11.2. The topological polar surface area (TPSA) is 56.2 Å². The summed E-state index contributed by atoms with van der Waals surface area (Å²) in [5.74, 6) is 0.991. The summed E-state index contributed by atoms with van der Waals surface area (Å²) in [5, 5.41) is 9.24. The van der Waals surface area contributed by atoms with Gasteiger partial charge in [0.25, 0.3) is 0 Å². The number of rotatable bonds is 3. The zero-order valence-corrected chi connectivity index (χ0v) is 16.8. The Labute approximate surface area is 167 Å². The zero-order chi connectivity index (χ0) is 19.3. The maximum atomic E-state index is 11.2. The number of nitrogens with zero attached hydrogens (tertiary/aromatic N) is 3. The molecule has 0 radical (unpaired) electrons. The van der Waals surface area contributed by atoms with Crippen LogP contribution < -0.4 is 4.90 Å². The predicted octanol–water partition coefficient (Wildman–Crippen LogP) is 2.65. The van der Waals surface area contributed by atoms with Crippen molar-refractivity contribution in [2.24, 2.45) is 17.3 Å². The van der Waals surface area contributed by atoms with Crippen molar-refractivity contribution in [3.8, 4) is 0 Å². The number of amides is 1. The van der Waals surface area contributed by atoms with E-state index in [0.29, 0.717) is 30.3 Å². The summed E-state index contributed by atoms with van der Waals surface area (Å²) in [7, 11) is 0. The van der Waals surface area contributed by atoms with Crippen LogP contribution in [0.2, 0.25) is 0 Å². The number of carbonyl (C=O) groups is 1. The van der Waals surface area contributed by atoms with Gasteiger partial charge >= 0.3 is 6.09 Å². The first-order valence-electron chi connectivity index (χ1n) is 10.6. The molecule has 6 nitrogen and oxygen atoms in total. The van der Waals surface area contributed by atoms with Gasteiger partial charge in [0.15, 0.2) is 0 Å². The monoisotopic (exact) mass is 385 g/mol. The highest BCUT2D eigenvalue weighted by Gasteiger charge is 2.43. The number of likely N-dealkylation sites (tertiary alicyclic amines) is 2. The quantitative estimate of drug-likeness (QED) is 0.867. The molecule has 6 heteroatoms. The van der Waals surface area contributed by atoms with Crippen LogP contribution in [0.25, 0.3) is 0 Å². The molecule has 0 bridgehead atoms. The number of aryl methyl sites for hydroxylation is 1. The molecule has 4 fully saturated rings. The molecule has 1 spiro atoms. The Kier molecular flexibility index (Phi) is 4.51. The Morgan fingerprint density at radius 2 is 2.00 bits per heavy atom. The Hall–Kier alpha value is -1.79. The molecule has 1 aromatic rings. The van der Waals surface area contributed by atoms with Crippen molar-refractivity contribution in [2.45, 2.75) is 26.3 Å². The van der Waals surface area contributed by atoms with E-state index in [1.807, 2.05) is 0 Å². The molecule has 3 atom stereocenters. The molecule has 4 aliphatic heterocycles. The van der Waals surface area contributed by atoms with Gasteiger partial charge in [-0.2, -0.15) is 0 Å². The molecule has 4 aliphatic rings. The molecule has 152 valence electrons. The average molecular weight is 386 g/mol. The van der Waals surface area contributed by atoms with Gasteiger partial charge in [-0.25, -0.2) is 4.79 Å². The first kappa shape index (κ1) is 18.3. The largest absolute Gasteiger partial charge is 0.465 e. The van der Waals surface area contributed by atoms with Gasteiger partial charge in [0.2, 0.25) is 0 Å². The lowest BCUT2D eigenvalue weighted by molar-refractivity contribution is 0.148. The molecule has 0 aliphatic carbocycles. The third-order valence-corrected chi connectivity index (χ3v) is 7.49. The summed E-state index contributed by atoms with van der Waals surface area (Å²) >= 11 is 0. The van der Waals surface area contributed by atoms with Crippen molar-refractivity contribution in [1.29, 1.82) is 0 Å². The lowest BCUT2D eigenvalue weighted by atomic mass is 9.87. The minimum atomic E-state index is -0.763. The standard InChI is InChI=1S/C22H31N3O3/c1-16-3-2-4-17(20(16)24-7-5-22(14-24)6-8-28-15-22)9-23-10-18-12-25(21(26)27)13-19(18)11-23/h2-4,18-19H,5-15H2,1H3,(H,26,27). The second kappa shape index (κ2) is 6.92. The summed E-state index contributed by atoms with van der Waals surface area (Å²) in [6.45, 7) is 10.7. The van der Waals surface area contributed by atoms with Crippen molar-refractivity contribution in [3.63, 3.8) is 0 Å². The van der Waals surface area contributed by atoms with Crippen LogP contribution in [0.1, 0.15) is 24.0 Å². The SMILES string of the molecule is Cc1cccc(CN2CC3CN(C(=O)O)CC3C2)c1N1CCC2(CCOC2)C1. The molecule has 1 N–H and O–H groups in total. The first-order valence-corrected chi connectivity index (χ1v) is 10.6. The summed E-state index contributed by atoms with van der Waals surface area (Å²) in [6.07, 6.45) is 1.67. The molecule has 0 aromatic heterocycles. The van der Waals surface area contributed by atoms with Gasteiger partial charge in [-0.05, 0) is 42.7 Å². The number of ether oxygens (including phenoxy) is 1. The molecular formula is C22H31N3O3. The summed E-state index contributed by atoms with van der Waals surface area (Å²) in [6, 6.07) is 6.70. The van der Waals surface area contributed by atoms with E-state index in [1.54, 1.807) is 4.90 Å². The molecule has 5 rings (SSSR count). The van der Waals surface area contributed by atoms with Crippen molar-refractivity contribution in [2.75, 3.05) is 57.4 Å². The van der Waals surface area contributed by atoms with Crippen molar-refractivity contribution in [1.82, 2.24) is 9.80 Å². The van der Waals surface area contributed by atoms with E-state index in [0.717, 1.165) is 45.9 Å². The Morgan fingerprint density at radius 3 is 2.68 bits per heavy atom. The van der Waals surface area contributed by atoms with Crippen molar-refractivity contribution >= 4 is 11.8 Å². The van der Waals surface area contributed by atoms with Gasteiger partial charge in [0.05, 0.1) is 6.61 Å². The number of hydrogen-bond acceptors (Lipinski definition) is 4. The van der Waals surface area contributed by atoms with Crippen LogP contribution in [0.5, 0.6) is 0 Å². The Bertz CT molecular complexity index is 747. The minimum Gasteiger partial charge on any atom is -0.465 e. The fourth-order valence-electron chi connectivity index (χ4n) is 6.01. The van der Waals surface area contributed by atoms with Gasteiger partial charge < -0.3 is 19.6 Å². The third kappa shape index (κ3) is 3.16. The molecule has 28 heavy (non-hydrogen) atoms. The van der Waals surface area contributed by atoms with Gasteiger partial charge in [0, 0.05) is 63.5 Å². The molecule has 0 saturated carbocycles. The number of benzene rings is 1. The molecule has 1 amide bonds. The van der Waals surface area contributed by atoms with E-state index < -0.39 is 6.09 Å².